The summed E-state index contributed by atoms with van der Waals surface area (Å²) in [4.78, 5) is 34.6. The largest absolute Gasteiger partial charge is 0.465 e. The van der Waals surface area contributed by atoms with E-state index in [9.17, 15) is 4.79 Å². The van der Waals surface area contributed by atoms with E-state index in [1.165, 1.54) is 39.5 Å². The van der Waals surface area contributed by atoms with Gasteiger partial charge in [-0.15, -0.1) is 0 Å². The van der Waals surface area contributed by atoms with Crippen LogP contribution in [0.25, 0.3) is 22.1 Å². The molecule has 5 rings (SSSR count). The molecule has 0 atom stereocenters. The summed E-state index contributed by atoms with van der Waals surface area (Å²) >= 11 is 0. The van der Waals surface area contributed by atoms with Crippen LogP contribution in [0.2, 0.25) is 0 Å². The van der Waals surface area contributed by atoms with Gasteiger partial charge in [0.25, 0.3) is 0 Å². The summed E-state index contributed by atoms with van der Waals surface area (Å²) in [6, 6.07) is 12.0. The van der Waals surface area contributed by atoms with E-state index >= 15 is 0 Å². The number of esters is 1. The van der Waals surface area contributed by atoms with E-state index in [0.717, 1.165) is 58.8 Å². The van der Waals surface area contributed by atoms with Gasteiger partial charge in [-0.3, -0.25) is 4.98 Å². The Bertz CT molecular complexity index is 1310. The summed E-state index contributed by atoms with van der Waals surface area (Å²) in [6.45, 7) is 4.40. The minimum atomic E-state index is -0.413. The summed E-state index contributed by atoms with van der Waals surface area (Å²) in [5, 5.41) is 0.883. The van der Waals surface area contributed by atoms with E-state index in [-0.39, 0.29) is 0 Å². The number of hydrogen-bond acceptors (Lipinski definition) is 7. The molecular formula is C27H32N6O2. The molecule has 0 unspecified atom stereocenters. The number of pyridine rings is 1. The SMILES string of the molecule is COC(=O)c1cnc2c(c1)[nH]c1nc(Cc3ccccc3)nc(N(C)CCCN3CCCCC3)c12. The lowest BCUT2D eigenvalue weighted by Gasteiger charge is -2.27. The number of nitrogens with one attached hydrogen (secondary N) is 1. The van der Waals surface area contributed by atoms with E-state index in [0.29, 0.717) is 12.0 Å². The third-order valence-electron chi connectivity index (χ3n) is 6.72. The van der Waals surface area contributed by atoms with Crippen LogP contribution >= 0.6 is 0 Å². The van der Waals surface area contributed by atoms with Gasteiger partial charge in [-0.25, -0.2) is 14.8 Å². The van der Waals surface area contributed by atoms with Crippen LogP contribution in [-0.4, -0.2) is 71.1 Å². The van der Waals surface area contributed by atoms with Crippen molar-refractivity contribution in [3.05, 3.63) is 59.5 Å². The average Bonchev–Trinajstić information content (AvgIpc) is 3.26. The Hall–Kier alpha value is -3.52. The number of likely N-dealkylation sites (tertiary alicyclic amines) is 1. The van der Waals surface area contributed by atoms with Crippen LogP contribution in [-0.2, 0) is 11.2 Å². The van der Waals surface area contributed by atoms with Crippen molar-refractivity contribution in [1.82, 2.24) is 24.8 Å². The molecule has 0 amide bonds. The molecule has 0 saturated carbocycles. The fourth-order valence-electron chi connectivity index (χ4n) is 4.87. The quantitative estimate of drug-likeness (QED) is 0.385. The maximum absolute atomic E-state index is 12.0. The van der Waals surface area contributed by atoms with Gasteiger partial charge in [-0.1, -0.05) is 36.8 Å². The topological polar surface area (TPSA) is 87.2 Å². The molecule has 1 fully saturated rings. The number of carbonyl (C=O) groups excluding carboxylic acids is 1. The fourth-order valence-corrected chi connectivity index (χ4v) is 4.87. The van der Waals surface area contributed by atoms with E-state index in [4.69, 9.17) is 14.7 Å². The fraction of sp³-hybridized carbons (Fsp3) is 0.407. The molecule has 1 N–H and O–H groups in total. The number of H-pyrrole nitrogens is 1. The number of fused-ring (bicyclic) bond motifs is 3. The zero-order chi connectivity index (χ0) is 24.2. The molecule has 1 aliphatic rings. The number of carbonyl (C=O) groups is 1. The average molecular weight is 473 g/mol. The predicted octanol–water partition coefficient (Wildman–Crippen LogP) is 4.20. The van der Waals surface area contributed by atoms with Gasteiger partial charge in [-0.2, -0.15) is 0 Å². The Morgan fingerprint density at radius 1 is 1.14 bits per heavy atom. The molecule has 3 aromatic heterocycles. The van der Waals surface area contributed by atoms with Crippen LogP contribution in [0.5, 0.6) is 0 Å². The molecule has 0 bridgehead atoms. The number of piperidine rings is 1. The van der Waals surface area contributed by atoms with Crippen molar-refractivity contribution in [3.8, 4) is 0 Å². The monoisotopic (exact) mass is 472 g/mol. The summed E-state index contributed by atoms with van der Waals surface area (Å²) in [6.07, 6.45) is 7.23. The number of aromatic nitrogens is 4. The van der Waals surface area contributed by atoms with Crippen LogP contribution in [0.4, 0.5) is 5.82 Å². The molecule has 0 radical (unpaired) electrons. The summed E-state index contributed by atoms with van der Waals surface area (Å²) in [7, 11) is 3.46. The van der Waals surface area contributed by atoms with Crippen molar-refractivity contribution in [2.24, 2.45) is 0 Å². The molecule has 4 aromatic rings. The normalized spacial score (nSPS) is 14.5. The number of hydrogen-bond donors (Lipinski definition) is 1. The molecule has 182 valence electrons. The van der Waals surface area contributed by atoms with Crippen molar-refractivity contribution in [2.75, 3.05) is 45.2 Å². The minimum Gasteiger partial charge on any atom is -0.465 e. The molecule has 1 aromatic carbocycles. The van der Waals surface area contributed by atoms with Crippen molar-refractivity contribution >= 4 is 33.9 Å². The van der Waals surface area contributed by atoms with Gasteiger partial charge in [0.15, 0.2) is 0 Å². The lowest BCUT2D eigenvalue weighted by molar-refractivity contribution is 0.0600. The van der Waals surface area contributed by atoms with Crippen LogP contribution < -0.4 is 4.90 Å². The van der Waals surface area contributed by atoms with Crippen molar-refractivity contribution in [2.45, 2.75) is 32.1 Å². The van der Waals surface area contributed by atoms with Gasteiger partial charge in [-0.05, 0) is 50.5 Å². The number of benzene rings is 1. The highest BCUT2D eigenvalue weighted by Gasteiger charge is 2.20. The second kappa shape index (κ2) is 10.4. The van der Waals surface area contributed by atoms with Gasteiger partial charge in [0.05, 0.1) is 23.6 Å². The summed E-state index contributed by atoms with van der Waals surface area (Å²) in [5.74, 6) is 1.20. The molecule has 8 heteroatoms. The number of ether oxygens (including phenoxy) is 1. The zero-order valence-electron chi connectivity index (χ0n) is 20.5. The Kier molecular flexibility index (Phi) is 6.90. The molecule has 8 nitrogen and oxygen atoms in total. The highest BCUT2D eigenvalue weighted by atomic mass is 16.5. The number of nitrogens with zero attached hydrogens (tertiary/aromatic N) is 5. The summed E-state index contributed by atoms with van der Waals surface area (Å²) < 4.78 is 4.87. The Morgan fingerprint density at radius 2 is 1.94 bits per heavy atom. The zero-order valence-corrected chi connectivity index (χ0v) is 20.5. The van der Waals surface area contributed by atoms with Gasteiger partial charge in [0.2, 0.25) is 0 Å². The Balaban J connectivity index is 1.49. The van der Waals surface area contributed by atoms with Crippen LogP contribution in [0.1, 0.15) is 47.4 Å². The van der Waals surface area contributed by atoms with Gasteiger partial charge >= 0.3 is 5.97 Å². The smallest absolute Gasteiger partial charge is 0.339 e. The molecule has 1 saturated heterocycles. The van der Waals surface area contributed by atoms with Crippen LogP contribution in [0.3, 0.4) is 0 Å². The van der Waals surface area contributed by atoms with Gasteiger partial charge in [0, 0.05) is 26.2 Å². The molecular weight excluding hydrogens is 440 g/mol. The van der Waals surface area contributed by atoms with Crippen molar-refractivity contribution in [1.29, 1.82) is 0 Å². The Morgan fingerprint density at radius 3 is 2.71 bits per heavy atom. The van der Waals surface area contributed by atoms with E-state index in [2.05, 4.69) is 38.9 Å². The maximum atomic E-state index is 12.0. The first-order valence-corrected chi connectivity index (χ1v) is 12.4. The molecule has 0 aliphatic carbocycles. The number of rotatable bonds is 8. The molecule has 1 aliphatic heterocycles. The number of anilines is 1. The first-order valence-electron chi connectivity index (χ1n) is 12.4. The highest BCUT2D eigenvalue weighted by molar-refractivity contribution is 6.10. The van der Waals surface area contributed by atoms with E-state index in [1.54, 1.807) is 12.3 Å². The second-order valence-corrected chi connectivity index (χ2v) is 9.26. The van der Waals surface area contributed by atoms with Gasteiger partial charge in [0.1, 0.15) is 22.8 Å². The maximum Gasteiger partial charge on any atom is 0.339 e. The molecule has 0 spiro atoms. The lowest BCUT2D eigenvalue weighted by atomic mass is 10.1. The standard InChI is InChI=1S/C27H32N6O2/c1-32(12-9-15-33-13-7-4-8-14-33)26-23-24-21(17-20(18-28-24)27(34)35-2)29-25(23)30-22(31-26)16-19-10-5-3-6-11-19/h3,5-6,10-11,17-18H,4,7-9,12-16H2,1-2H3,(H,29,30,31). The first-order chi connectivity index (χ1) is 17.1. The second-order valence-electron chi connectivity index (χ2n) is 9.26. The van der Waals surface area contributed by atoms with Gasteiger partial charge < -0.3 is 19.5 Å². The van der Waals surface area contributed by atoms with E-state index < -0.39 is 5.97 Å². The van der Waals surface area contributed by atoms with Crippen molar-refractivity contribution < 1.29 is 9.53 Å². The molecule has 35 heavy (non-hydrogen) atoms. The minimum absolute atomic E-state index is 0.403. The lowest BCUT2D eigenvalue weighted by Crippen LogP contribution is -2.32. The first kappa shape index (κ1) is 23.2. The highest BCUT2D eigenvalue weighted by Crippen LogP contribution is 2.31. The third-order valence-corrected chi connectivity index (χ3v) is 6.72. The van der Waals surface area contributed by atoms with Crippen LogP contribution in [0, 0.1) is 0 Å². The predicted molar refractivity (Wildman–Crippen MR) is 138 cm³/mol. The number of aromatic amines is 1. The van der Waals surface area contributed by atoms with Crippen LogP contribution in [0.15, 0.2) is 42.6 Å². The van der Waals surface area contributed by atoms with E-state index in [1.807, 2.05) is 18.2 Å². The Labute approximate surface area is 205 Å². The third kappa shape index (κ3) is 5.12. The van der Waals surface area contributed by atoms with Crippen molar-refractivity contribution in [3.63, 3.8) is 0 Å². The summed E-state index contributed by atoms with van der Waals surface area (Å²) in [5.41, 5.74) is 3.80. The number of methoxy groups -OCH3 is 1. The molecule has 4 heterocycles.